The molecule has 0 amide bonds. The van der Waals surface area contributed by atoms with Gasteiger partial charge in [-0.15, -0.1) is 21.5 Å². The fraction of sp³-hybridized carbons (Fsp3) is 0.778. The minimum absolute atomic E-state index is 0.535. The molecule has 0 N–H and O–H groups in total. The molecule has 72 valence electrons. The highest BCUT2D eigenvalue weighted by Crippen LogP contribution is 2.33. The van der Waals surface area contributed by atoms with Crippen LogP contribution in [0, 0.1) is 0 Å². The molecular weight excluding hydrogens is 182 g/mol. The predicted molar refractivity (Wildman–Crippen MR) is 53.7 cm³/mol. The Morgan fingerprint density at radius 3 is 3.08 bits per heavy atom. The van der Waals surface area contributed by atoms with Gasteiger partial charge in [-0.2, -0.15) is 0 Å². The van der Waals surface area contributed by atoms with E-state index in [1.165, 1.54) is 24.4 Å². The number of rotatable bonds is 2. The zero-order chi connectivity index (χ0) is 9.26. The summed E-state index contributed by atoms with van der Waals surface area (Å²) in [6.07, 6.45) is 2.54. The number of aromatic nitrogens is 2. The van der Waals surface area contributed by atoms with Crippen molar-refractivity contribution in [2.75, 3.05) is 6.54 Å². The van der Waals surface area contributed by atoms with Crippen LogP contribution in [-0.4, -0.2) is 27.7 Å². The first-order valence-corrected chi connectivity index (χ1v) is 5.69. The van der Waals surface area contributed by atoms with Crippen LogP contribution >= 0.6 is 11.3 Å². The summed E-state index contributed by atoms with van der Waals surface area (Å²) in [5.41, 5.74) is 1.83. The van der Waals surface area contributed by atoms with Gasteiger partial charge in [-0.3, -0.25) is 4.90 Å². The summed E-state index contributed by atoms with van der Waals surface area (Å²) < 4.78 is 0. The van der Waals surface area contributed by atoms with E-state index < -0.39 is 0 Å². The molecule has 4 heteroatoms. The van der Waals surface area contributed by atoms with Gasteiger partial charge in [-0.1, -0.05) is 0 Å². The van der Waals surface area contributed by atoms with Crippen LogP contribution in [0.15, 0.2) is 5.51 Å². The smallest absolute Gasteiger partial charge is 0.134 e. The topological polar surface area (TPSA) is 29.0 Å². The zero-order valence-electron chi connectivity index (χ0n) is 8.10. The minimum Gasteiger partial charge on any atom is -0.292 e. The first-order chi connectivity index (χ1) is 6.29. The average molecular weight is 197 g/mol. The second kappa shape index (κ2) is 3.72. The van der Waals surface area contributed by atoms with Crippen molar-refractivity contribution >= 4 is 11.3 Å². The predicted octanol–water partition coefficient (Wildman–Crippen LogP) is 2.08. The first-order valence-electron chi connectivity index (χ1n) is 4.81. The van der Waals surface area contributed by atoms with Crippen LogP contribution in [0.25, 0.3) is 0 Å². The van der Waals surface area contributed by atoms with E-state index >= 15 is 0 Å². The van der Waals surface area contributed by atoms with Crippen LogP contribution in [0.1, 0.15) is 37.7 Å². The maximum absolute atomic E-state index is 4.16. The van der Waals surface area contributed by atoms with Gasteiger partial charge < -0.3 is 0 Å². The monoisotopic (exact) mass is 197 g/mol. The highest BCUT2D eigenvalue weighted by molar-refractivity contribution is 7.09. The van der Waals surface area contributed by atoms with Crippen molar-refractivity contribution in [2.24, 2.45) is 0 Å². The van der Waals surface area contributed by atoms with E-state index in [2.05, 4.69) is 28.9 Å². The van der Waals surface area contributed by atoms with Crippen LogP contribution < -0.4 is 0 Å². The van der Waals surface area contributed by atoms with Crippen molar-refractivity contribution in [3.05, 3.63) is 10.5 Å². The quantitative estimate of drug-likeness (QED) is 0.727. The highest BCUT2D eigenvalue weighted by atomic mass is 32.1. The second-order valence-electron chi connectivity index (χ2n) is 3.77. The lowest BCUT2D eigenvalue weighted by Crippen LogP contribution is -2.30. The van der Waals surface area contributed by atoms with Crippen molar-refractivity contribution in [3.8, 4) is 0 Å². The molecule has 13 heavy (non-hydrogen) atoms. The minimum atomic E-state index is 0.535. The second-order valence-corrected chi connectivity index (χ2v) is 4.63. The van der Waals surface area contributed by atoms with Crippen molar-refractivity contribution < 1.29 is 0 Å². The number of likely N-dealkylation sites (tertiary alicyclic amines) is 1. The SMILES string of the molecule is CC(C)N1CCC[C@H]1c1nncs1. The average Bonchev–Trinajstić information content (AvgIpc) is 2.74. The normalized spacial score (nSPS) is 24.4. The van der Waals surface area contributed by atoms with E-state index in [0.29, 0.717) is 12.1 Å². The summed E-state index contributed by atoms with van der Waals surface area (Å²) in [5, 5.41) is 9.25. The van der Waals surface area contributed by atoms with Crippen molar-refractivity contribution in [3.63, 3.8) is 0 Å². The van der Waals surface area contributed by atoms with Crippen LogP contribution in [0.3, 0.4) is 0 Å². The van der Waals surface area contributed by atoms with Gasteiger partial charge in [0.1, 0.15) is 10.5 Å². The van der Waals surface area contributed by atoms with E-state index in [-0.39, 0.29) is 0 Å². The molecule has 1 saturated heterocycles. The molecule has 1 aromatic rings. The maximum atomic E-state index is 4.16. The Hall–Kier alpha value is -0.480. The molecule has 0 spiro atoms. The summed E-state index contributed by atoms with van der Waals surface area (Å²) in [7, 11) is 0. The first kappa shape index (κ1) is 9.09. The third-order valence-electron chi connectivity index (χ3n) is 2.62. The molecule has 0 aliphatic carbocycles. The van der Waals surface area contributed by atoms with Crippen LogP contribution in [0.5, 0.6) is 0 Å². The van der Waals surface area contributed by atoms with Crippen molar-refractivity contribution in [1.29, 1.82) is 0 Å². The lowest BCUT2D eigenvalue weighted by atomic mass is 10.2. The Bertz CT molecular complexity index is 258. The van der Waals surface area contributed by atoms with Gasteiger partial charge in [0.05, 0.1) is 6.04 Å². The Labute approximate surface area is 82.8 Å². The van der Waals surface area contributed by atoms with E-state index in [9.17, 15) is 0 Å². The van der Waals surface area contributed by atoms with Gasteiger partial charge >= 0.3 is 0 Å². The van der Waals surface area contributed by atoms with Crippen molar-refractivity contribution in [2.45, 2.75) is 38.8 Å². The van der Waals surface area contributed by atoms with Crippen molar-refractivity contribution in [1.82, 2.24) is 15.1 Å². The van der Waals surface area contributed by atoms with Gasteiger partial charge in [0.25, 0.3) is 0 Å². The van der Waals surface area contributed by atoms with Gasteiger partial charge in [0.2, 0.25) is 0 Å². The Kier molecular flexibility index (Phi) is 2.60. The van der Waals surface area contributed by atoms with E-state index in [1.807, 2.05) is 5.51 Å². The molecule has 1 atom stereocenters. The van der Waals surface area contributed by atoms with E-state index in [4.69, 9.17) is 0 Å². The van der Waals surface area contributed by atoms with Gasteiger partial charge in [0, 0.05) is 6.04 Å². The molecule has 0 unspecified atom stereocenters. The third-order valence-corrected chi connectivity index (χ3v) is 3.41. The molecule has 3 nitrogen and oxygen atoms in total. The highest BCUT2D eigenvalue weighted by Gasteiger charge is 2.29. The Morgan fingerprint density at radius 2 is 2.46 bits per heavy atom. The van der Waals surface area contributed by atoms with Gasteiger partial charge in [-0.25, -0.2) is 0 Å². The molecule has 2 rings (SSSR count). The molecule has 1 fully saturated rings. The third kappa shape index (κ3) is 1.74. The maximum Gasteiger partial charge on any atom is 0.134 e. The lowest BCUT2D eigenvalue weighted by molar-refractivity contribution is 0.204. The summed E-state index contributed by atoms with van der Waals surface area (Å²) in [6.45, 7) is 5.71. The number of nitrogens with zero attached hydrogens (tertiary/aromatic N) is 3. The van der Waals surface area contributed by atoms with E-state index in [1.54, 1.807) is 11.3 Å². The molecule has 2 heterocycles. The molecular formula is C9H15N3S. The fourth-order valence-corrected chi connectivity index (χ4v) is 2.71. The van der Waals surface area contributed by atoms with Crippen LogP contribution in [0.2, 0.25) is 0 Å². The molecule has 1 aliphatic rings. The van der Waals surface area contributed by atoms with E-state index in [0.717, 1.165) is 0 Å². The molecule has 1 aliphatic heterocycles. The molecule has 0 radical (unpaired) electrons. The summed E-state index contributed by atoms with van der Waals surface area (Å²) >= 11 is 1.68. The summed E-state index contributed by atoms with van der Waals surface area (Å²) in [6, 6.07) is 1.16. The van der Waals surface area contributed by atoms with Gasteiger partial charge in [-0.05, 0) is 33.2 Å². The van der Waals surface area contributed by atoms with Gasteiger partial charge in [0.15, 0.2) is 0 Å². The molecule has 0 saturated carbocycles. The lowest BCUT2D eigenvalue weighted by Gasteiger charge is -2.26. The largest absolute Gasteiger partial charge is 0.292 e. The standard InChI is InChI=1S/C9H15N3S/c1-7(2)12-5-3-4-8(12)9-11-10-6-13-9/h6-8H,3-5H2,1-2H3/t8-/m0/s1. The molecule has 1 aromatic heterocycles. The fourth-order valence-electron chi connectivity index (χ4n) is 2.00. The van der Waals surface area contributed by atoms with Crippen LogP contribution in [0.4, 0.5) is 0 Å². The molecule has 0 aromatic carbocycles. The molecule has 0 bridgehead atoms. The Morgan fingerprint density at radius 1 is 1.62 bits per heavy atom. The zero-order valence-corrected chi connectivity index (χ0v) is 8.92. The Balaban J connectivity index is 2.14. The summed E-state index contributed by atoms with van der Waals surface area (Å²) in [5.74, 6) is 0. The van der Waals surface area contributed by atoms with Crippen LogP contribution in [-0.2, 0) is 0 Å². The number of hydrogen-bond acceptors (Lipinski definition) is 4. The number of hydrogen-bond donors (Lipinski definition) is 0. The summed E-state index contributed by atoms with van der Waals surface area (Å²) in [4.78, 5) is 2.51.